The third kappa shape index (κ3) is 5.83. The van der Waals surface area contributed by atoms with Crippen LogP contribution < -0.4 is 5.32 Å². The van der Waals surface area contributed by atoms with E-state index in [1.54, 1.807) is 11.8 Å². The average Bonchev–Trinajstić information content (AvgIpc) is 3.20. The van der Waals surface area contributed by atoms with Crippen LogP contribution in [0.3, 0.4) is 0 Å². The van der Waals surface area contributed by atoms with E-state index < -0.39 is 22.0 Å². The fourth-order valence-corrected chi connectivity index (χ4v) is 6.77. The van der Waals surface area contributed by atoms with Gasteiger partial charge >= 0.3 is 6.09 Å². The van der Waals surface area contributed by atoms with Crippen LogP contribution in [0.25, 0.3) is 0 Å². The minimum Gasteiger partial charge on any atom is -0.450 e. The number of ether oxygens (including phenoxy) is 1. The average molecular weight is 519 g/mol. The van der Waals surface area contributed by atoms with Crippen LogP contribution in [-0.2, 0) is 27.7 Å². The molecule has 0 spiro atoms. The van der Waals surface area contributed by atoms with E-state index in [1.807, 2.05) is 13.8 Å². The van der Waals surface area contributed by atoms with Crippen molar-refractivity contribution in [2.24, 2.45) is 0 Å². The quantitative estimate of drug-likeness (QED) is 0.531. The third-order valence-corrected chi connectivity index (χ3v) is 8.67. The molecule has 1 aromatic heterocycles. The zero-order valence-corrected chi connectivity index (χ0v) is 21.8. The van der Waals surface area contributed by atoms with Crippen molar-refractivity contribution in [3.05, 3.63) is 45.8 Å². The molecule has 2 amide bonds. The number of rotatable bonds is 9. The molecule has 0 unspecified atom stereocenters. The molecule has 1 aromatic carbocycles. The van der Waals surface area contributed by atoms with Gasteiger partial charge in [0.15, 0.2) is 0 Å². The Morgan fingerprint density at radius 2 is 1.83 bits per heavy atom. The minimum atomic E-state index is -3.64. The van der Waals surface area contributed by atoms with Gasteiger partial charge in [0.05, 0.1) is 23.6 Å². The molecule has 0 saturated carbocycles. The number of hydrogen-bond donors (Lipinski definition) is 1. The van der Waals surface area contributed by atoms with Crippen molar-refractivity contribution in [1.29, 1.82) is 5.26 Å². The molecule has 188 valence electrons. The molecular formula is C24H30N4O5S2. The van der Waals surface area contributed by atoms with E-state index >= 15 is 0 Å². The standard InChI is InChI=1S/C24H30N4O5S2/c1-4-12-28(13-5-2)35(31,32)18-9-7-17(8-10-18)22(29)26-23-20(15-25)19-11-14-27(16-21(19)34-23)24(30)33-6-3/h7-10H,4-6,11-14,16H2,1-3H3,(H,26,29). The van der Waals surface area contributed by atoms with Gasteiger partial charge in [-0.1, -0.05) is 13.8 Å². The van der Waals surface area contributed by atoms with Crippen LogP contribution in [0.1, 0.15) is 60.0 Å². The van der Waals surface area contributed by atoms with E-state index in [4.69, 9.17) is 4.74 Å². The SMILES string of the molecule is CCCN(CCC)S(=O)(=O)c1ccc(C(=O)Nc2sc3c(c2C#N)CCN(C(=O)OCC)C3)cc1. The number of carbonyl (C=O) groups is 2. The molecular weight excluding hydrogens is 488 g/mol. The topological polar surface area (TPSA) is 120 Å². The number of amides is 2. The second kappa shape index (κ2) is 11.7. The van der Waals surface area contributed by atoms with Crippen molar-refractivity contribution in [2.75, 3.05) is 31.6 Å². The van der Waals surface area contributed by atoms with Crippen molar-refractivity contribution in [3.8, 4) is 6.07 Å². The van der Waals surface area contributed by atoms with Crippen molar-refractivity contribution in [2.45, 2.75) is 51.5 Å². The fourth-order valence-electron chi connectivity index (χ4n) is 3.93. The van der Waals surface area contributed by atoms with E-state index in [0.29, 0.717) is 56.0 Å². The second-order valence-corrected chi connectivity index (χ2v) is 11.1. The molecule has 0 fully saturated rings. The molecule has 35 heavy (non-hydrogen) atoms. The van der Waals surface area contributed by atoms with Crippen LogP contribution in [0.5, 0.6) is 0 Å². The Bertz CT molecular complexity index is 1210. The molecule has 1 aliphatic heterocycles. The van der Waals surface area contributed by atoms with Gasteiger partial charge < -0.3 is 15.0 Å². The van der Waals surface area contributed by atoms with Gasteiger partial charge in [0.1, 0.15) is 11.1 Å². The van der Waals surface area contributed by atoms with Gasteiger partial charge in [-0.15, -0.1) is 11.3 Å². The number of anilines is 1. The summed E-state index contributed by atoms with van der Waals surface area (Å²) in [6.45, 7) is 7.52. The number of sulfonamides is 1. The van der Waals surface area contributed by atoms with Crippen molar-refractivity contribution >= 4 is 38.4 Å². The van der Waals surface area contributed by atoms with Gasteiger partial charge in [-0.3, -0.25) is 4.79 Å². The van der Waals surface area contributed by atoms with Gasteiger partial charge in [-0.05, 0) is 56.0 Å². The lowest BCUT2D eigenvalue weighted by atomic mass is 10.0. The Morgan fingerprint density at radius 3 is 2.40 bits per heavy atom. The summed E-state index contributed by atoms with van der Waals surface area (Å²) in [6, 6.07) is 7.99. The summed E-state index contributed by atoms with van der Waals surface area (Å²) < 4.78 is 32.4. The summed E-state index contributed by atoms with van der Waals surface area (Å²) in [5.41, 5.74) is 1.52. The number of benzene rings is 1. The predicted molar refractivity (Wildman–Crippen MR) is 134 cm³/mol. The maximum atomic E-state index is 12.9. The molecule has 1 aliphatic rings. The fraction of sp³-hybridized carbons (Fsp3) is 0.458. The number of nitrogens with zero attached hydrogens (tertiary/aromatic N) is 3. The molecule has 0 saturated heterocycles. The van der Waals surface area contributed by atoms with Crippen LogP contribution in [0.2, 0.25) is 0 Å². The van der Waals surface area contributed by atoms with E-state index in [1.165, 1.54) is 39.9 Å². The summed E-state index contributed by atoms with van der Waals surface area (Å²) in [5, 5.41) is 12.9. The highest BCUT2D eigenvalue weighted by molar-refractivity contribution is 7.89. The number of thiophene rings is 1. The first kappa shape index (κ1) is 26.7. The number of hydrogen-bond acceptors (Lipinski definition) is 7. The largest absolute Gasteiger partial charge is 0.450 e. The zero-order valence-electron chi connectivity index (χ0n) is 20.2. The van der Waals surface area contributed by atoms with Crippen LogP contribution in [0.15, 0.2) is 29.2 Å². The highest BCUT2D eigenvalue weighted by Gasteiger charge is 2.28. The minimum absolute atomic E-state index is 0.138. The van der Waals surface area contributed by atoms with Crippen LogP contribution in [-0.4, -0.2) is 55.9 Å². The molecule has 0 aliphatic carbocycles. The van der Waals surface area contributed by atoms with Crippen LogP contribution in [0.4, 0.5) is 9.80 Å². The summed E-state index contributed by atoms with van der Waals surface area (Å²) in [5.74, 6) is -0.440. The number of fused-ring (bicyclic) bond motifs is 1. The lowest BCUT2D eigenvalue weighted by Crippen LogP contribution is -2.35. The Balaban J connectivity index is 1.77. The summed E-state index contributed by atoms with van der Waals surface area (Å²) in [6.07, 6.45) is 1.52. The molecule has 9 nitrogen and oxygen atoms in total. The highest BCUT2D eigenvalue weighted by Crippen LogP contribution is 2.37. The van der Waals surface area contributed by atoms with E-state index in [0.717, 1.165) is 10.4 Å². The Hall–Kier alpha value is -2.94. The molecule has 2 aromatic rings. The molecule has 2 heterocycles. The summed E-state index contributed by atoms with van der Waals surface area (Å²) in [4.78, 5) is 27.5. The third-order valence-electron chi connectivity index (χ3n) is 5.62. The first-order chi connectivity index (χ1) is 16.8. The van der Waals surface area contributed by atoms with Gasteiger partial charge in [-0.2, -0.15) is 9.57 Å². The van der Waals surface area contributed by atoms with E-state index in [9.17, 15) is 23.3 Å². The molecule has 0 atom stereocenters. The van der Waals surface area contributed by atoms with Crippen molar-refractivity contribution in [1.82, 2.24) is 9.21 Å². The maximum Gasteiger partial charge on any atom is 0.410 e. The van der Waals surface area contributed by atoms with Gasteiger partial charge in [0.25, 0.3) is 5.91 Å². The van der Waals surface area contributed by atoms with E-state index in [2.05, 4.69) is 11.4 Å². The van der Waals surface area contributed by atoms with Crippen molar-refractivity contribution < 1.29 is 22.7 Å². The van der Waals surface area contributed by atoms with Crippen LogP contribution >= 0.6 is 11.3 Å². The van der Waals surface area contributed by atoms with Crippen molar-refractivity contribution in [3.63, 3.8) is 0 Å². The van der Waals surface area contributed by atoms with Gasteiger partial charge in [-0.25, -0.2) is 13.2 Å². The lowest BCUT2D eigenvalue weighted by Gasteiger charge is -2.25. The molecule has 3 rings (SSSR count). The number of nitriles is 1. The Labute approximate surface area is 210 Å². The first-order valence-corrected chi connectivity index (χ1v) is 13.9. The first-order valence-electron chi connectivity index (χ1n) is 11.6. The normalized spacial score (nSPS) is 13.3. The second-order valence-electron chi connectivity index (χ2n) is 8.07. The predicted octanol–water partition coefficient (Wildman–Crippen LogP) is 4.20. The monoisotopic (exact) mass is 518 g/mol. The summed E-state index contributed by atoms with van der Waals surface area (Å²) in [7, 11) is -3.64. The zero-order chi connectivity index (χ0) is 25.6. The van der Waals surface area contributed by atoms with Gasteiger partial charge in [0.2, 0.25) is 10.0 Å². The van der Waals surface area contributed by atoms with Gasteiger partial charge in [0, 0.05) is 30.1 Å². The molecule has 0 bridgehead atoms. The smallest absolute Gasteiger partial charge is 0.410 e. The van der Waals surface area contributed by atoms with E-state index in [-0.39, 0.29) is 17.1 Å². The van der Waals surface area contributed by atoms with Crippen LogP contribution in [0, 0.1) is 11.3 Å². The molecule has 11 heteroatoms. The Morgan fingerprint density at radius 1 is 1.17 bits per heavy atom. The molecule has 1 N–H and O–H groups in total. The lowest BCUT2D eigenvalue weighted by molar-refractivity contribution is 0.102. The molecule has 0 radical (unpaired) electrons. The maximum absolute atomic E-state index is 12.9. The number of nitrogens with one attached hydrogen (secondary N) is 1. The Kier molecular flexibility index (Phi) is 8.88. The summed E-state index contributed by atoms with van der Waals surface area (Å²) >= 11 is 1.26. The number of carbonyl (C=O) groups excluding carboxylic acids is 2. The highest BCUT2D eigenvalue weighted by atomic mass is 32.2.